The quantitative estimate of drug-likeness (QED) is 0.856. The van der Waals surface area contributed by atoms with Gasteiger partial charge < -0.3 is 5.73 Å². The number of alkyl halides is 3. The van der Waals surface area contributed by atoms with Crippen LogP contribution in [0.4, 0.5) is 17.6 Å². The summed E-state index contributed by atoms with van der Waals surface area (Å²) in [5.41, 5.74) is 5.04. The number of halogens is 4. The number of benzene rings is 1. The largest absolute Gasteiger partial charge is 0.416 e. The summed E-state index contributed by atoms with van der Waals surface area (Å²) < 4.78 is 51.5. The van der Waals surface area contributed by atoms with Crippen LogP contribution in [0.15, 0.2) is 18.2 Å². The summed E-state index contributed by atoms with van der Waals surface area (Å²) in [6.07, 6.45) is -4.51. The van der Waals surface area contributed by atoms with Gasteiger partial charge in [-0.2, -0.15) is 13.2 Å². The topological polar surface area (TPSA) is 38.9 Å². The van der Waals surface area contributed by atoms with Crippen molar-refractivity contribution in [1.82, 2.24) is 4.98 Å². The van der Waals surface area contributed by atoms with Crippen LogP contribution < -0.4 is 5.73 Å². The van der Waals surface area contributed by atoms with Crippen LogP contribution in [0.2, 0.25) is 0 Å². The van der Waals surface area contributed by atoms with Gasteiger partial charge in [0.25, 0.3) is 0 Å². The molecule has 102 valence electrons. The maximum atomic E-state index is 13.7. The fraction of sp³-hybridized carbons (Fsp3) is 0.250. The molecule has 19 heavy (non-hydrogen) atoms. The Morgan fingerprint density at radius 2 is 2.00 bits per heavy atom. The van der Waals surface area contributed by atoms with Crippen molar-refractivity contribution in [3.8, 4) is 10.6 Å². The first kappa shape index (κ1) is 14.0. The van der Waals surface area contributed by atoms with Crippen LogP contribution >= 0.6 is 11.3 Å². The van der Waals surface area contributed by atoms with E-state index in [2.05, 4.69) is 4.98 Å². The molecule has 2 rings (SSSR count). The number of nitrogens with zero attached hydrogens (tertiary/aromatic N) is 1. The third-order valence-corrected chi connectivity index (χ3v) is 3.82. The van der Waals surface area contributed by atoms with Crippen LogP contribution in [0.25, 0.3) is 10.6 Å². The van der Waals surface area contributed by atoms with E-state index < -0.39 is 17.6 Å². The van der Waals surface area contributed by atoms with Gasteiger partial charge in [-0.05, 0) is 25.1 Å². The average molecular weight is 290 g/mol. The third-order valence-electron chi connectivity index (χ3n) is 2.60. The first-order valence-electron chi connectivity index (χ1n) is 5.36. The van der Waals surface area contributed by atoms with Crippen molar-refractivity contribution in [3.05, 3.63) is 40.2 Å². The molecule has 0 amide bonds. The van der Waals surface area contributed by atoms with Crippen LogP contribution in [-0.2, 0) is 12.7 Å². The highest BCUT2D eigenvalue weighted by molar-refractivity contribution is 7.15. The number of aryl methyl sites for hydroxylation is 1. The molecule has 0 bridgehead atoms. The highest BCUT2D eigenvalue weighted by Crippen LogP contribution is 2.35. The van der Waals surface area contributed by atoms with Crippen LogP contribution in [0.1, 0.15) is 16.1 Å². The average Bonchev–Trinajstić information content (AvgIpc) is 2.69. The maximum Gasteiger partial charge on any atom is 0.416 e. The zero-order valence-corrected chi connectivity index (χ0v) is 10.7. The highest BCUT2D eigenvalue weighted by Gasteiger charge is 2.31. The molecule has 0 atom stereocenters. The number of thiazole rings is 1. The minimum atomic E-state index is -4.51. The molecule has 0 aliphatic carbocycles. The van der Waals surface area contributed by atoms with Gasteiger partial charge in [0.2, 0.25) is 0 Å². The molecule has 0 aliphatic heterocycles. The van der Waals surface area contributed by atoms with E-state index in [-0.39, 0.29) is 17.1 Å². The molecule has 0 aliphatic rings. The molecule has 1 aromatic heterocycles. The lowest BCUT2D eigenvalue weighted by Gasteiger charge is -2.08. The van der Waals surface area contributed by atoms with E-state index in [0.29, 0.717) is 11.8 Å². The van der Waals surface area contributed by atoms with Crippen LogP contribution in [0.5, 0.6) is 0 Å². The van der Waals surface area contributed by atoms with E-state index in [9.17, 15) is 17.6 Å². The minimum Gasteiger partial charge on any atom is -0.326 e. The molecule has 0 unspecified atom stereocenters. The number of rotatable bonds is 2. The number of aromatic nitrogens is 1. The SMILES string of the molecule is Cc1nc(-c2cc(C(F)(F)F)ccc2F)sc1CN. The lowest BCUT2D eigenvalue weighted by atomic mass is 10.1. The van der Waals surface area contributed by atoms with Crippen molar-refractivity contribution in [3.63, 3.8) is 0 Å². The van der Waals surface area contributed by atoms with Gasteiger partial charge in [0.1, 0.15) is 10.8 Å². The van der Waals surface area contributed by atoms with Gasteiger partial charge in [-0.15, -0.1) is 11.3 Å². The number of hydrogen-bond acceptors (Lipinski definition) is 3. The van der Waals surface area contributed by atoms with E-state index in [1.807, 2.05) is 0 Å². The lowest BCUT2D eigenvalue weighted by molar-refractivity contribution is -0.137. The molecule has 0 radical (unpaired) electrons. The maximum absolute atomic E-state index is 13.7. The van der Waals surface area contributed by atoms with E-state index >= 15 is 0 Å². The van der Waals surface area contributed by atoms with Gasteiger partial charge in [-0.25, -0.2) is 9.37 Å². The molecular formula is C12H10F4N2S. The summed E-state index contributed by atoms with van der Waals surface area (Å²) in [7, 11) is 0. The highest BCUT2D eigenvalue weighted by atomic mass is 32.1. The molecule has 0 saturated heterocycles. The van der Waals surface area contributed by atoms with Crippen molar-refractivity contribution in [2.75, 3.05) is 0 Å². The second-order valence-corrected chi connectivity index (χ2v) is 5.01. The van der Waals surface area contributed by atoms with E-state index in [1.54, 1.807) is 6.92 Å². The van der Waals surface area contributed by atoms with Crippen LogP contribution in [0, 0.1) is 12.7 Å². The molecule has 2 nitrogen and oxygen atoms in total. The summed E-state index contributed by atoms with van der Waals surface area (Å²) in [6, 6.07) is 2.29. The molecule has 1 heterocycles. The van der Waals surface area contributed by atoms with Gasteiger partial charge in [0.15, 0.2) is 0 Å². The summed E-state index contributed by atoms with van der Waals surface area (Å²) in [5.74, 6) is -0.731. The zero-order valence-electron chi connectivity index (χ0n) is 9.88. The van der Waals surface area contributed by atoms with E-state index in [4.69, 9.17) is 5.73 Å². The fourth-order valence-corrected chi connectivity index (χ4v) is 2.56. The minimum absolute atomic E-state index is 0.150. The molecule has 1 aromatic carbocycles. The van der Waals surface area contributed by atoms with Gasteiger partial charge >= 0.3 is 6.18 Å². The Balaban J connectivity index is 2.54. The van der Waals surface area contributed by atoms with Crippen molar-refractivity contribution < 1.29 is 17.6 Å². The molecule has 0 saturated carbocycles. The second-order valence-electron chi connectivity index (χ2n) is 3.92. The van der Waals surface area contributed by atoms with Crippen molar-refractivity contribution in [2.24, 2.45) is 5.73 Å². The standard InChI is InChI=1S/C12H10F4N2S/c1-6-10(5-17)19-11(18-6)8-4-7(12(14,15)16)2-3-9(8)13/h2-4H,5,17H2,1H3. The predicted octanol–water partition coefficient (Wildman–Crippen LogP) is 3.74. The van der Waals surface area contributed by atoms with Gasteiger partial charge in [0, 0.05) is 17.0 Å². The monoisotopic (exact) mass is 290 g/mol. The Kier molecular flexibility index (Phi) is 3.60. The Labute approximate surface area is 110 Å². The Morgan fingerprint density at radius 1 is 1.32 bits per heavy atom. The number of nitrogens with two attached hydrogens (primary N) is 1. The first-order chi connectivity index (χ1) is 8.82. The van der Waals surface area contributed by atoms with Crippen molar-refractivity contribution >= 4 is 11.3 Å². The lowest BCUT2D eigenvalue weighted by Crippen LogP contribution is -2.05. The van der Waals surface area contributed by atoms with Crippen LogP contribution in [0.3, 0.4) is 0 Å². The van der Waals surface area contributed by atoms with Gasteiger partial charge in [-0.1, -0.05) is 0 Å². The van der Waals surface area contributed by atoms with Crippen LogP contribution in [-0.4, -0.2) is 4.98 Å². The summed E-state index contributed by atoms with van der Waals surface area (Å²) in [4.78, 5) is 4.80. The van der Waals surface area contributed by atoms with E-state index in [1.165, 1.54) is 0 Å². The Morgan fingerprint density at radius 3 is 2.53 bits per heavy atom. The molecule has 2 N–H and O–H groups in total. The zero-order chi connectivity index (χ0) is 14.2. The Bertz CT molecular complexity index is 604. The molecule has 7 heteroatoms. The van der Waals surface area contributed by atoms with Crippen molar-refractivity contribution in [2.45, 2.75) is 19.6 Å². The summed E-state index contributed by atoms with van der Waals surface area (Å²) in [6.45, 7) is 1.91. The fourth-order valence-electron chi connectivity index (χ4n) is 1.60. The van der Waals surface area contributed by atoms with Gasteiger partial charge in [0.05, 0.1) is 11.3 Å². The van der Waals surface area contributed by atoms with E-state index in [0.717, 1.165) is 28.3 Å². The molecule has 2 aromatic rings. The number of hydrogen-bond donors (Lipinski definition) is 1. The molecular weight excluding hydrogens is 280 g/mol. The Hall–Kier alpha value is -1.47. The second kappa shape index (κ2) is 4.90. The predicted molar refractivity (Wildman–Crippen MR) is 65.1 cm³/mol. The van der Waals surface area contributed by atoms with Gasteiger partial charge in [-0.3, -0.25) is 0 Å². The van der Waals surface area contributed by atoms with Crippen molar-refractivity contribution in [1.29, 1.82) is 0 Å². The normalized spacial score (nSPS) is 11.9. The molecule has 0 spiro atoms. The third kappa shape index (κ3) is 2.76. The summed E-state index contributed by atoms with van der Waals surface area (Å²) >= 11 is 1.10. The molecule has 0 fully saturated rings. The first-order valence-corrected chi connectivity index (χ1v) is 6.18. The summed E-state index contributed by atoms with van der Waals surface area (Å²) in [5, 5.41) is 0.210. The smallest absolute Gasteiger partial charge is 0.326 e.